The molecule has 0 aromatic carbocycles. The van der Waals surface area contributed by atoms with Crippen LogP contribution in [0.2, 0.25) is 25.2 Å². The van der Waals surface area contributed by atoms with Crippen molar-refractivity contribution in [3.05, 3.63) is 115 Å². The number of hydrogen-bond donors (Lipinski definition) is 0. The van der Waals surface area contributed by atoms with Gasteiger partial charge in [-0.05, 0) is 38.1 Å². The number of aldehydes is 1. The van der Waals surface area contributed by atoms with Gasteiger partial charge in [0, 0.05) is 0 Å². The Balaban J connectivity index is -0.0000000755. The lowest BCUT2D eigenvalue weighted by atomic mass is 10.4. The van der Waals surface area contributed by atoms with Crippen LogP contribution >= 0.6 is 58.0 Å². The second-order valence-corrected chi connectivity index (χ2v) is 8.90. The fraction of sp³-hybridized carbons (Fsp3) is 0.222. The number of halogens is 17. The number of nitrogens with zero attached hydrogens (tertiary/aromatic N) is 4. The zero-order valence-corrected chi connectivity index (χ0v) is 30.4. The van der Waals surface area contributed by atoms with Gasteiger partial charge in [0.1, 0.15) is 34.1 Å². The molecule has 4 aromatic rings. The lowest BCUT2D eigenvalue weighted by molar-refractivity contribution is 0.111. The monoisotopic (exact) mass is 894 g/mol. The first-order valence-corrected chi connectivity index (χ1v) is 13.6. The van der Waals surface area contributed by atoms with Crippen molar-refractivity contribution in [2.45, 2.75) is 13.8 Å². The van der Waals surface area contributed by atoms with Crippen LogP contribution in [0.4, 0.5) is 52.7 Å². The molecule has 308 valence electrons. The third-order valence-corrected chi connectivity index (χ3v) is 5.45. The average Bonchev–Trinajstić information content (AvgIpc) is 3.02. The molecule has 4 rings (SSSR count). The van der Waals surface area contributed by atoms with E-state index in [4.69, 9.17) is 58.0 Å². The summed E-state index contributed by atoms with van der Waals surface area (Å²) in [5.74, 6) is -1.82. The van der Waals surface area contributed by atoms with E-state index in [9.17, 15) is 57.5 Å². The highest BCUT2D eigenvalue weighted by Gasteiger charge is 2.00. The van der Waals surface area contributed by atoms with E-state index in [1.165, 1.54) is 12.1 Å². The van der Waals surface area contributed by atoms with Gasteiger partial charge < -0.3 is 21.9 Å². The molecule has 53 heavy (non-hydrogen) atoms. The van der Waals surface area contributed by atoms with Crippen molar-refractivity contribution in [2.24, 2.45) is 0 Å². The summed E-state index contributed by atoms with van der Waals surface area (Å²) in [6.07, 6.45) is 4.70. The van der Waals surface area contributed by atoms with Gasteiger partial charge in [-0.25, -0.2) is 62.7 Å². The second kappa shape index (κ2) is 44.9. The number of hydrogen-bond acceptors (Lipinski definition) is 5. The molecule has 9 nitrogen and oxygen atoms in total. The fourth-order valence-corrected chi connectivity index (χ4v) is 2.64. The normalized spacial score (nSPS) is 8.06. The SMILES string of the molecule is Cc1ncc(F)cc1Cl.Cc1ncc(F)cc1Cl.FCF.FCF.FCF.FCF.Fc1cnc(Cl)c(Cl)c1.O.O.O.O.O=Cc1ncc(F)cc1Cl. The Morgan fingerprint density at radius 1 is 0.472 bits per heavy atom. The van der Waals surface area contributed by atoms with E-state index in [1.54, 1.807) is 13.8 Å². The molecule has 26 heteroatoms. The van der Waals surface area contributed by atoms with Crippen LogP contribution in [-0.4, -0.2) is 75.8 Å². The smallest absolute Gasteiger partial charge is 0.229 e. The highest BCUT2D eigenvalue weighted by Crippen LogP contribution is 2.18. The first-order valence-electron chi connectivity index (χ1n) is 11.8. The lowest BCUT2D eigenvalue weighted by Crippen LogP contribution is -1.88. The molecule has 0 spiro atoms. The molecule has 4 heterocycles. The van der Waals surface area contributed by atoms with Crippen LogP contribution in [0.3, 0.4) is 0 Å². The lowest BCUT2D eigenvalue weighted by Gasteiger charge is -1.92. The maximum atomic E-state index is 12.2. The highest BCUT2D eigenvalue weighted by molar-refractivity contribution is 6.41. The van der Waals surface area contributed by atoms with Crippen molar-refractivity contribution in [3.8, 4) is 0 Å². The Morgan fingerprint density at radius 3 is 0.925 bits per heavy atom. The van der Waals surface area contributed by atoms with Crippen molar-refractivity contribution in [1.29, 1.82) is 0 Å². The van der Waals surface area contributed by atoms with E-state index in [2.05, 4.69) is 19.9 Å². The van der Waals surface area contributed by atoms with Gasteiger partial charge in [0.25, 0.3) is 0 Å². The van der Waals surface area contributed by atoms with Crippen molar-refractivity contribution < 1.29 is 79.4 Å². The maximum Gasteiger partial charge on any atom is 0.229 e. The van der Waals surface area contributed by atoms with Crippen LogP contribution in [0.5, 0.6) is 0 Å². The predicted octanol–water partition coefficient (Wildman–Crippen LogP) is 8.81. The van der Waals surface area contributed by atoms with Crippen LogP contribution in [0.1, 0.15) is 21.9 Å². The molecular weight excluding hydrogens is 866 g/mol. The minimum Gasteiger partial charge on any atom is -0.412 e. The summed E-state index contributed by atoms with van der Waals surface area (Å²) in [6, 6.07) is 4.63. The maximum absolute atomic E-state index is 12.2. The van der Waals surface area contributed by atoms with E-state index < -0.39 is 51.0 Å². The molecule has 0 saturated heterocycles. The van der Waals surface area contributed by atoms with E-state index in [0.29, 0.717) is 27.7 Å². The molecule has 0 aliphatic rings. The van der Waals surface area contributed by atoms with Crippen molar-refractivity contribution in [3.63, 3.8) is 0 Å². The highest BCUT2D eigenvalue weighted by atomic mass is 35.5. The van der Waals surface area contributed by atoms with Crippen LogP contribution in [0, 0.1) is 37.1 Å². The summed E-state index contributed by atoms with van der Waals surface area (Å²) in [7, 11) is 0. The molecule has 0 amide bonds. The van der Waals surface area contributed by atoms with Gasteiger partial charge >= 0.3 is 0 Å². The molecule has 4 aromatic heterocycles. The molecule has 8 N–H and O–H groups in total. The van der Waals surface area contributed by atoms with Crippen LogP contribution < -0.4 is 0 Å². The van der Waals surface area contributed by atoms with Gasteiger partial charge in [-0.15, -0.1) is 0 Å². The quantitative estimate of drug-likeness (QED) is 0.104. The van der Waals surface area contributed by atoms with E-state index in [1.807, 2.05) is 0 Å². The second-order valence-electron chi connectivity index (χ2n) is 6.91. The summed E-state index contributed by atoms with van der Waals surface area (Å²) in [5, 5.41) is 1.04. The fourth-order valence-electron chi connectivity index (χ4n) is 1.88. The molecular formula is C27H31Cl5F12N4O5. The molecule has 0 bridgehead atoms. The summed E-state index contributed by atoms with van der Waals surface area (Å²) >= 11 is 27.2. The third kappa shape index (κ3) is 41.3. The molecule has 0 unspecified atom stereocenters. The van der Waals surface area contributed by atoms with Crippen LogP contribution in [0.15, 0.2) is 49.1 Å². The predicted molar refractivity (Wildman–Crippen MR) is 179 cm³/mol. The number of carbonyl (C=O) groups is 1. The van der Waals surface area contributed by atoms with Gasteiger partial charge in [-0.3, -0.25) is 14.8 Å². The van der Waals surface area contributed by atoms with Gasteiger partial charge in [-0.1, -0.05) is 58.0 Å². The first kappa shape index (κ1) is 67.8. The summed E-state index contributed by atoms with van der Waals surface area (Å²) in [4.78, 5) is 24.3. The molecule has 0 aliphatic heterocycles. The van der Waals surface area contributed by atoms with Crippen molar-refractivity contribution in [2.75, 3.05) is 27.7 Å². The molecule has 0 radical (unpaired) electrons. The third-order valence-electron chi connectivity index (χ3n) is 3.69. The van der Waals surface area contributed by atoms with Crippen molar-refractivity contribution >= 4 is 64.3 Å². The molecule has 0 aliphatic carbocycles. The van der Waals surface area contributed by atoms with Gasteiger partial charge in [0.05, 0.1) is 56.3 Å². The first-order chi connectivity index (χ1) is 23.0. The summed E-state index contributed by atoms with van der Waals surface area (Å²) < 4.78 is 126. The van der Waals surface area contributed by atoms with E-state index in [-0.39, 0.29) is 42.8 Å². The van der Waals surface area contributed by atoms with E-state index >= 15 is 0 Å². The zero-order valence-electron chi connectivity index (χ0n) is 26.6. The molecule has 0 atom stereocenters. The number of aryl methyl sites for hydroxylation is 2. The Hall–Kier alpha value is -3.28. The number of rotatable bonds is 1. The Morgan fingerprint density at radius 2 is 0.717 bits per heavy atom. The van der Waals surface area contributed by atoms with Gasteiger partial charge in [0.15, 0.2) is 6.29 Å². The largest absolute Gasteiger partial charge is 0.412 e. The number of pyridine rings is 4. The summed E-state index contributed by atoms with van der Waals surface area (Å²) in [5.41, 5.74) is 1.36. The number of aromatic nitrogens is 4. The standard InChI is InChI=1S/C6H3ClFNO.2C6H5ClFN.C5H2Cl2FN.4CH2F2.4H2O/c7-5-1-4(8)2-9-6(5)3-10;2*1-4-6(7)2-5(8)3-9-4;6-4-1-3(8)2-9-5(4)7;4*2-1-3;;;;/h1-3H;2*2-3H,1H3;1-2H;4*1H2;4*1H2. The van der Waals surface area contributed by atoms with Crippen molar-refractivity contribution in [1.82, 2.24) is 19.9 Å². The van der Waals surface area contributed by atoms with E-state index in [0.717, 1.165) is 36.9 Å². The zero-order chi connectivity index (χ0) is 38.9. The average molecular weight is 897 g/mol. The molecule has 0 fully saturated rings. The van der Waals surface area contributed by atoms with Gasteiger partial charge in [-0.2, -0.15) is 0 Å². The number of carbonyl (C=O) groups excluding carboxylic acids is 1. The van der Waals surface area contributed by atoms with Gasteiger partial charge in [0.2, 0.25) is 27.7 Å². The van der Waals surface area contributed by atoms with Crippen LogP contribution in [0.25, 0.3) is 0 Å². The Bertz CT molecular complexity index is 1330. The minimum absolute atomic E-state index is 0. The van der Waals surface area contributed by atoms with Crippen LogP contribution in [-0.2, 0) is 0 Å². The topological polar surface area (TPSA) is 195 Å². The summed E-state index contributed by atoms with van der Waals surface area (Å²) in [6.45, 7) is -3.55. The molecule has 0 saturated carbocycles. The number of alkyl halides is 8. The Kier molecular flexibility index (Phi) is 57.4. The minimum atomic E-state index is -1.75. The Labute approximate surface area is 319 Å².